The van der Waals surface area contributed by atoms with Crippen LogP contribution >= 0.6 is 23.4 Å². The molecule has 1 atom stereocenters. The van der Waals surface area contributed by atoms with Crippen molar-refractivity contribution in [3.05, 3.63) is 57.7 Å². The molecule has 3 aromatic rings. The summed E-state index contributed by atoms with van der Waals surface area (Å²) in [6, 6.07) is 8.35. The summed E-state index contributed by atoms with van der Waals surface area (Å²) in [5, 5.41) is 4.36. The van der Waals surface area contributed by atoms with Gasteiger partial charge in [0.05, 0.1) is 29.0 Å². The number of furan rings is 1. The van der Waals surface area contributed by atoms with Gasteiger partial charge in [-0.3, -0.25) is 14.2 Å². The number of amides is 1. The van der Waals surface area contributed by atoms with Crippen LogP contribution in [0.1, 0.15) is 32.1 Å². The van der Waals surface area contributed by atoms with Gasteiger partial charge in [0.15, 0.2) is 5.16 Å². The number of thioether (sulfide) groups is 1. The first kappa shape index (κ1) is 22.4. The minimum atomic E-state index is -0.246. The van der Waals surface area contributed by atoms with E-state index in [4.69, 9.17) is 20.8 Å². The Morgan fingerprint density at radius 3 is 2.97 bits per heavy atom. The maximum atomic E-state index is 13.0. The lowest BCUT2D eigenvalue weighted by molar-refractivity contribution is -0.119. The molecule has 0 radical (unpaired) electrons. The number of nitrogens with one attached hydrogen (secondary N) is 1. The molecule has 0 saturated heterocycles. The summed E-state index contributed by atoms with van der Waals surface area (Å²) in [6.07, 6.45) is 2.24. The number of hydrogen-bond donors (Lipinski definition) is 1. The highest BCUT2D eigenvalue weighted by Gasteiger charge is 2.16. The number of aromatic nitrogens is 2. The van der Waals surface area contributed by atoms with Crippen LogP contribution in [-0.2, 0) is 16.1 Å². The van der Waals surface area contributed by atoms with Gasteiger partial charge >= 0.3 is 0 Å². The van der Waals surface area contributed by atoms with Gasteiger partial charge in [0.2, 0.25) is 5.91 Å². The second-order valence-electron chi connectivity index (χ2n) is 6.66. The van der Waals surface area contributed by atoms with Crippen molar-refractivity contribution in [3.63, 3.8) is 0 Å². The molecule has 0 fully saturated rings. The van der Waals surface area contributed by atoms with E-state index in [-0.39, 0.29) is 23.3 Å². The minimum Gasteiger partial charge on any atom is -0.467 e. The van der Waals surface area contributed by atoms with Crippen molar-refractivity contribution in [2.75, 3.05) is 19.0 Å². The molecule has 2 heterocycles. The normalized spacial score (nSPS) is 12.2. The Hall–Kier alpha value is -2.29. The zero-order valence-electron chi connectivity index (χ0n) is 16.9. The summed E-state index contributed by atoms with van der Waals surface area (Å²) in [4.78, 5) is 30.0. The molecule has 160 valence electrons. The summed E-state index contributed by atoms with van der Waals surface area (Å²) in [5.74, 6) is 0.625. The van der Waals surface area contributed by atoms with Gasteiger partial charge < -0.3 is 14.5 Å². The van der Waals surface area contributed by atoms with E-state index >= 15 is 0 Å². The van der Waals surface area contributed by atoms with E-state index < -0.39 is 0 Å². The molecule has 30 heavy (non-hydrogen) atoms. The van der Waals surface area contributed by atoms with Gasteiger partial charge in [-0.05, 0) is 50.6 Å². The van der Waals surface area contributed by atoms with Crippen LogP contribution in [0.15, 0.2) is 51.0 Å². The Kier molecular flexibility index (Phi) is 7.95. The third-order valence-electron chi connectivity index (χ3n) is 4.44. The van der Waals surface area contributed by atoms with E-state index in [0.29, 0.717) is 53.0 Å². The quantitative estimate of drug-likeness (QED) is 0.285. The van der Waals surface area contributed by atoms with Crippen molar-refractivity contribution in [1.82, 2.24) is 14.9 Å². The number of rotatable bonds is 10. The van der Waals surface area contributed by atoms with Crippen molar-refractivity contribution in [2.45, 2.75) is 38.0 Å². The number of fused-ring (bicyclic) bond motifs is 1. The largest absolute Gasteiger partial charge is 0.467 e. The first-order chi connectivity index (χ1) is 14.5. The smallest absolute Gasteiger partial charge is 0.262 e. The fraction of sp³-hybridized carbons (Fsp3) is 0.381. The molecule has 0 aliphatic heterocycles. The number of carbonyl (C=O) groups is 1. The molecule has 1 unspecified atom stereocenters. The van der Waals surface area contributed by atoms with Gasteiger partial charge in [0, 0.05) is 24.8 Å². The van der Waals surface area contributed by atoms with Crippen LogP contribution in [0.3, 0.4) is 0 Å². The average molecular weight is 450 g/mol. The molecule has 7 nitrogen and oxygen atoms in total. The van der Waals surface area contributed by atoms with E-state index in [1.54, 1.807) is 35.1 Å². The number of nitrogens with zero attached hydrogens (tertiary/aromatic N) is 2. The molecule has 1 N–H and O–H groups in total. The second-order valence-corrected chi connectivity index (χ2v) is 8.04. The van der Waals surface area contributed by atoms with Crippen molar-refractivity contribution in [3.8, 4) is 0 Å². The van der Waals surface area contributed by atoms with Gasteiger partial charge in [0.25, 0.3) is 5.56 Å². The average Bonchev–Trinajstić information content (AvgIpc) is 3.26. The zero-order chi connectivity index (χ0) is 21.5. The van der Waals surface area contributed by atoms with Crippen molar-refractivity contribution < 1.29 is 13.9 Å². The summed E-state index contributed by atoms with van der Waals surface area (Å²) >= 11 is 7.29. The fourth-order valence-corrected chi connectivity index (χ4v) is 3.98. The van der Waals surface area contributed by atoms with E-state index in [2.05, 4.69) is 10.3 Å². The molecule has 0 bridgehead atoms. The van der Waals surface area contributed by atoms with Crippen LogP contribution in [0.2, 0.25) is 5.02 Å². The summed E-state index contributed by atoms with van der Waals surface area (Å²) in [7, 11) is 0. The number of carbonyl (C=O) groups excluding carboxylic acids is 1. The number of hydrogen-bond acceptors (Lipinski definition) is 6. The van der Waals surface area contributed by atoms with E-state index in [1.807, 2.05) is 19.9 Å². The van der Waals surface area contributed by atoms with Crippen molar-refractivity contribution in [1.29, 1.82) is 0 Å². The maximum Gasteiger partial charge on any atom is 0.262 e. The maximum absolute atomic E-state index is 13.0. The molecule has 2 aromatic heterocycles. The van der Waals surface area contributed by atoms with Gasteiger partial charge in [-0.15, -0.1) is 0 Å². The predicted molar refractivity (Wildman–Crippen MR) is 118 cm³/mol. The van der Waals surface area contributed by atoms with Crippen LogP contribution in [0.5, 0.6) is 0 Å². The standard InChI is InChI=1S/C21H24ClN3O4S/c1-3-28-10-5-9-25-20(27)16-8-7-15(22)12-17(16)24-21(25)30-13-19(26)23-14(2)18-6-4-11-29-18/h4,6-8,11-12,14H,3,5,9-10,13H2,1-2H3,(H,23,26). The molecule has 1 aromatic carbocycles. The molecule has 9 heteroatoms. The van der Waals surface area contributed by atoms with E-state index in [1.165, 1.54) is 11.8 Å². The fourth-order valence-electron chi connectivity index (χ4n) is 2.97. The molecule has 0 spiro atoms. The highest BCUT2D eigenvalue weighted by molar-refractivity contribution is 7.99. The first-order valence-electron chi connectivity index (χ1n) is 9.73. The lowest BCUT2D eigenvalue weighted by Gasteiger charge is -2.14. The third kappa shape index (κ3) is 5.65. The van der Waals surface area contributed by atoms with E-state index in [9.17, 15) is 9.59 Å². The van der Waals surface area contributed by atoms with Crippen molar-refractivity contribution >= 4 is 40.2 Å². The molecule has 3 rings (SSSR count). The number of ether oxygens (including phenoxy) is 1. The number of benzene rings is 1. The number of halogens is 1. The molecule has 0 aliphatic carbocycles. The van der Waals surface area contributed by atoms with Crippen LogP contribution in [-0.4, -0.2) is 34.4 Å². The van der Waals surface area contributed by atoms with Crippen LogP contribution < -0.4 is 10.9 Å². The Morgan fingerprint density at radius 1 is 1.40 bits per heavy atom. The van der Waals surface area contributed by atoms with Gasteiger partial charge in [-0.2, -0.15) is 0 Å². The summed E-state index contributed by atoms with van der Waals surface area (Å²) < 4.78 is 12.3. The van der Waals surface area contributed by atoms with Crippen LogP contribution in [0, 0.1) is 0 Å². The van der Waals surface area contributed by atoms with E-state index in [0.717, 1.165) is 0 Å². The van der Waals surface area contributed by atoms with Gasteiger partial charge in [-0.1, -0.05) is 23.4 Å². The monoisotopic (exact) mass is 449 g/mol. The topological polar surface area (TPSA) is 86.4 Å². The Bertz CT molecular complexity index is 1050. The van der Waals surface area contributed by atoms with Gasteiger partial charge in [-0.25, -0.2) is 4.98 Å². The summed E-state index contributed by atoms with van der Waals surface area (Å²) in [6.45, 7) is 5.40. The Morgan fingerprint density at radius 2 is 2.23 bits per heavy atom. The third-order valence-corrected chi connectivity index (χ3v) is 5.65. The molecule has 0 saturated carbocycles. The highest BCUT2D eigenvalue weighted by atomic mass is 35.5. The SMILES string of the molecule is CCOCCCn1c(SCC(=O)NC(C)c2ccco2)nc2cc(Cl)ccc2c1=O. The van der Waals surface area contributed by atoms with Gasteiger partial charge in [0.1, 0.15) is 5.76 Å². The lowest BCUT2D eigenvalue weighted by atomic mass is 10.2. The highest BCUT2D eigenvalue weighted by Crippen LogP contribution is 2.21. The molecule has 0 aliphatic rings. The second kappa shape index (κ2) is 10.7. The zero-order valence-corrected chi connectivity index (χ0v) is 18.5. The lowest BCUT2D eigenvalue weighted by Crippen LogP contribution is -2.29. The molecule has 1 amide bonds. The predicted octanol–water partition coefficient (Wildman–Crippen LogP) is 4.04. The minimum absolute atomic E-state index is 0.120. The van der Waals surface area contributed by atoms with Crippen LogP contribution in [0.4, 0.5) is 0 Å². The molecular weight excluding hydrogens is 426 g/mol. The Labute approximate surface area is 183 Å². The Balaban J connectivity index is 1.77. The first-order valence-corrected chi connectivity index (χ1v) is 11.1. The van der Waals surface area contributed by atoms with Crippen LogP contribution in [0.25, 0.3) is 10.9 Å². The molecular formula is C21H24ClN3O4S. The summed E-state index contributed by atoms with van der Waals surface area (Å²) in [5.41, 5.74) is 0.362. The van der Waals surface area contributed by atoms with Crippen molar-refractivity contribution in [2.24, 2.45) is 0 Å².